The molecule has 15 heteroatoms. The molecule has 10 aromatic rings. The Bertz CT molecular complexity index is 3250. The molecule has 4 N–H and O–H groups in total. The van der Waals surface area contributed by atoms with E-state index in [1.807, 2.05) is 60.7 Å². The normalized spacial score (nSPS) is 11.0. The van der Waals surface area contributed by atoms with Gasteiger partial charge < -0.3 is 25.7 Å². The van der Waals surface area contributed by atoms with Gasteiger partial charge in [-0.15, -0.1) is 0 Å². The van der Waals surface area contributed by atoms with Gasteiger partial charge in [-0.25, -0.2) is 19.9 Å². The maximum Gasteiger partial charge on any atom is 0.269 e. The molecule has 8 aromatic carbocycles. The Morgan fingerprint density at radius 2 is 0.582 bits per heavy atom. The van der Waals surface area contributed by atoms with Crippen molar-refractivity contribution in [3.63, 3.8) is 0 Å². The number of fused-ring (bicyclic) bond motifs is 2. The van der Waals surface area contributed by atoms with E-state index in [2.05, 4.69) is 0 Å². The number of nitrogen functional groups attached to an aromatic ring is 2. The molecule has 0 saturated carbocycles. The highest BCUT2D eigenvalue weighted by Crippen LogP contribution is 2.37. The summed E-state index contributed by atoms with van der Waals surface area (Å²) in [5, 5.41) is 22.9. The highest BCUT2D eigenvalue weighted by Gasteiger charge is 2.18. The number of hydrogen-bond acceptors (Lipinski definition) is 13. The first-order chi connectivity index (χ1) is 32.6. The van der Waals surface area contributed by atoms with Crippen LogP contribution < -0.4 is 25.7 Å². The molecule has 0 aliphatic carbocycles. The molecule has 2 aromatic heterocycles. The monoisotopic (exact) mass is 882 g/mol. The highest BCUT2D eigenvalue weighted by atomic mass is 16.6. The molecule has 324 valence electrons. The second kappa shape index (κ2) is 17.4. The Hall–Kier alpha value is -9.76. The van der Waals surface area contributed by atoms with Crippen molar-refractivity contribution in [3.8, 4) is 79.5 Å². The van der Waals surface area contributed by atoms with Crippen LogP contribution in [0.4, 0.5) is 22.7 Å². The Morgan fingerprint density at radius 3 is 0.896 bits per heavy atom. The van der Waals surface area contributed by atoms with Crippen molar-refractivity contribution in [1.82, 2.24) is 19.9 Å². The van der Waals surface area contributed by atoms with Gasteiger partial charge in [-0.2, -0.15) is 0 Å². The van der Waals surface area contributed by atoms with E-state index in [1.165, 1.54) is 24.3 Å². The van der Waals surface area contributed by atoms with Crippen LogP contribution in [0.3, 0.4) is 0 Å². The number of aromatic nitrogens is 4. The van der Waals surface area contributed by atoms with Gasteiger partial charge in [-0.05, 0) is 146 Å². The van der Waals surface area contributed by atoms with Crippen molar-refractivity contribution in [2.75, 3.05) is 11.5 Å². The summed E-state index contributed by atoms with van der Waals surface area (Å²) in [7, 11) is 0. The number of nitrogens with zero attached hydrogens (tertiary/aromatic N) is 6. The van der Waals surface area contributed by atoms with Gasteiger partial charge in [0, 0.05) is 70.0 Å². The van der Waals surface area contributed by atoms with E-state index in [9.17, 15) is 20.2 Å². The Balaban J connectivity index is 0.952. The van der Waals surface area contributed by atoms with Crippen molar-refractivity contribution in [2.45, 2.75) is 0 Å². The maximum atomic E-state index is 11.5. The molecule has 0 atom stereocenters. The van der Waals surface area contributed by atoms with Crippen molar-refractivity contribution in [3.05, 3.63) is 202 Å². The van der Waals surface area contributed by atoms with Crippen LogP contribution in [0.5, 0.6) is 34.5 Å². The van der Waals surface area contributed by atoms with Gasteiger partial charge in [0.15, 0.2) is 0 Å². The first-order valence-electron chi connectivity index (χ1n) is 20.7. The van der Waals surface area contributed by atoms with Gasteiger partial charge in [-0.3, -0.25) is 20.2 Å². The fourth-order valence-corrected chi connectivity index (χ4v) is 7.32. The van der Waals surface area contributed by atoms with Crippen molar-refractivity contribution in [2.24, 2.45) is 0 Å². The molecular formula is C52H34N8O7. The molecule has 0 aliphatic rings. The second-order valence-electron chi connectivity index (χ2n) is 15.2. The van der Waals surface area contributed by atoms with Crippen molar-refractivity contribution < 1.29 is 24.1 Å². The molecule has 10 rings (SSSR count). The van der Waals surface area contributed by atoms with E-state index in [1.54, 1.807) is 97.1 Å². The molecule has 0 spiro atoms. The Kier molecular flexibility index (Phi) is 10.7. The minimum Gasteiger partial charge on any atom is -0.457 e. The lowest BCUT2D eigenvalue weighted by atomic mass is 10.0. The topological polar surface area (TPSA) is 218 Å². The summed E-state index contributed by atoms with van der Waals surface area (Å²) in [5.74, 6) is 3.43. The molecule has 0 fully saturated rings. The lowest BCUT2D eigenvalue weighted by molar-refractivity contribution is -0.385. The Labute approximate surface area is 380 Å². The first kappa shape index (κ1) is 41.3. The van der Waals surface area contributed by atoms with Crippen LogP contribution in [0.15, 0.2) is 182 Å². The van der Waals surface area contributed by atoms with E-state index >= 15 is 0 Å². The van der Waals surface area contributed by atoms with Gasteiger partial charge in [0.05, 0.1) is 54.7 Å². The number of hydrogen-bond donors (Lipinski definition) is 2. The van der Waals surface area contributed by atoms with Gasteiger partial charge in [0.1, 0.15) is 34.5 Å². The quantitative estimate of drug-likeness (QED) is 0.0663. The predicted octanol–water partition coefficient (Wildman–Crippen LogP) is 12.6. The smallest absolute Gasteiger partial charge is 0.269 e. The van der Waals surface area contributed by atoms with Gasteiger partial charge in [-0.1, -0.05) is 0 Å². The largest absolute Gasteiger partial charge is 0.457 e. The number of nitro benzene ring substituents is 2. The average Bonchev–Trinajstić information content (AvgIpc) is 3.35. The molecule has 0 saturated heterocycles. The zero-order chi connectivity index (χ0) is 46.0. The summed E-state index contributed by atoms with van der Waals surface area (Å²) in [6, 6.07) is 52.1. The van der Waals surface area contributed by atoms with Gasteiger partial charge >= 0.3 is 0 Å². The molecule has 67 heavy (non-hydrogen) atoms. The predicted molar refractivity (Wildman–Crippen MR) is 256 cm³/mol. The number of rotatable bonds is 12. The summed E-state index contributed by atoms with van der Waals surface area (Å²) in [6.07, 6.45) is 0. The van der Waals surface area contributed by atoms with Crippen LogP contribution in [-0.4, -0.2) is 29.8 Å². The van der Waals surface area contributed by atoms with Crippen LogP contribution in [0.2, 0.25) is 0 Å². The zero-order valence-electron chi connectivity index (χ0n) is 35.0. The minimum atomic E-state index is -0.446. The van der Waals surface area contributed by atoms with E-state index in [-0.39, 0.29) is 11.4 Å². The Morgan fingerprint density at radius 1 is 0.328 bits per heavy atom. The molecule has 0 aliphatic heterocycles. The molecule has 0 bridgehead atoms. The summed E-state index contributed by atoms with van der Waals surface area (Å²) < 4.78 is 18.5. The minimum absolute atomic E-state index is 0.0387. The summed E-state index contributed by atoms with van der Waals surface area (Å²) >= 11 is 0. The highest BCUT2D eigenvalue weighted by molar-refractivity contribution is 5.88. The maximum absolute atomic E-state index is 11.5. The summed E-state index contributed by atoms with van der Waals surface area (Å²) in [6.45, 7) is 0. The molecular weight excluding hydrogens is 849 g/mol. The molecule has 15 nitrogen and oxygen atoms in total. The third kappa shape index (κ3) is 8.91. The molecule has 0 unspecified atom stereocenters. The van der Waals surface area contributed by atoms with Crippen molar-refractivity contribution >= 4 is 44.8 Å². The van der Waals surface area contributed by atoms with E-state index in [0.29, 0.717) is 102 Å². The lowest BCUT2D eigenvalue weighted by Crippen LogP contribution is -1.97. The lowest BCUT2D eigenvalue weighted by Gasteiger charge is -2.13. The zero-order valence-corrected chi connectivity index (χ0v) is 35.0. The average molecular weight is 883 g/mol. The van der Waals surface area contributed by atoms with Crippen LogP contribution in [0.25, 0.3) is 67.1 Å². The third-order valence-corrected chi connectivity index (χ3v) is 10.7. The molecule has 0 amide bonds. The SMILES string of the molecule is Nc1ccc(Oc2ccc3nc(-c4ccc([N+](=O)[O-])cc4)c(-c4ccc(Oc5ccc(-c6nc7cc(Oc8ccc(N)cc8)ccc7nc6-c6ccc([N+](=O)[O-])cc6)cc5)cc4)nc3c2)cc1. The number of anilines is 2. The van der Waals surface area contributed by atoms with Crippen LogP contribution >= 0.6 is 0 Å². The molecule has 0 radical (unpaired) electrons. The third-order valence-electron chi connectivity index (χ3n) is 10.7. The fraction of sp³-hybridized carbons (Fsp3) is 0. The van der Waals surface area contributed by atoms with Crippen LogP contribution in [-0.2, 0) is 0 Å². The number of nitrogens with two attached hydrogens (primary N) is 2. The number of non-ortho nitro benzene ring substituents is 2. The second-order valence-corrected chi connectivity index (χ2v) is 15.2. The fourth-order valence-electron chi connectivity index (χ4n) is 7.32. The van der Waals surface area contributed by atoms with Gasteiger partial charge in [0.2, 0.25) is 0 Å². The first-order valence-corrected chi connectivity index (χ1v) is 20.7. The van der Waals surface area contributed by atoms with E-state index < -0.39 is 9.85 Å². The van der Waals surface area contributed by atoms with Crippen LogP contribution in [0.1, 0.15) is 0 Å². The number of ether oxygens (including phenoxy) is 3. The van der Waals surface area contributed by atoms with Crippen LogP contribution in [0, 0.1) is 20.2 Å². The summed E-state index contributed by atoms with van der Waals surface area (Å²) in [4.78, 5) is 42.1. The van der Waals surface area contributed by atoms with Gasteiger partial charge in [0.25, 0.3) is 11.4 Å². The van der Waals surface area contributed by atoms with Crippen molar-refractivity contribution in [1.29, 1.82) is 0 Å². The number of benzene rings is 8. The number of nitro groups is 2. The molecule has 2 heterocycles. The summed E-state index contributed by atoms with van der Waals surface area (Å²) in [5.41, 5.74) is 20.2. The standard InChI is InChI=1S/C52H34N8O7/c53-35-9-21-41(22-10-35)66-43-25-27-45-47(29-43)57-51(49(55-45)31-1-13-37(14-2-31)59(61)62)33-5-17-39(18-6-33)65-40-19-7-34(8-20-40)52-50(32-3-15-38(16-4-32)60(63)64)56-46-28-26-44(30-48(46)58-52)67-42-23-11-36(54)12-24-42/h1-30H,53-54H2. The van der Waals surface area contributed by atoms with E-state index in [0.717, 1.165) is 11.1 Å². The van der Waals surface area contributed by atoms with E-state index in [4.69, 9.17) is 45.6 Å².